The first-order chi connectivity index (χ1) is 11.9. The van der Waals surface area contributed by atoms with Gasteiger partial charge in [-0.05, 0) is 48.3 Å². The van der Waals surface area contributed by atoms with Crippen LogP contribution in [-0.2, 0) is 4.79 Å². The Kier molecular flexibility index (Phi) is 6.70. The minimum absolute atomic E-state index is 0.0106. The van der Waals surface area contributed by atoms with E-state index < -0.39 is 5.41 Å². The summed E-state index contributed by atoms with van der Waals surface area (Å²) in [5, 5.41) is 9.43. The molecule has 1 saturated heterocycles. The predicted octanol–water partition coefficient (Wildman–Crippen LogP) is 1.97. The van der Waals surface area contributed by atoms with Crippen molar-refractivity contribution in [1.82, 2.24) is 16.0 Å². The molecule has 1 heterocycles. The molecule has 0 saturated carbocycles. The van der Waals surface area contributed by atoms with E-state index in [4.69, 9.17) is 0 Å². The third kappa shape index (κ3) is 5.11. The summed E-state index contributed by atoms with van der Waals surface area (Å²) >= 11 is 3.62. The van der Waals surface area contributed by atoms with Crippen LogP contribution in [-0.4, -0.2) is 51.6 Å². The summed E-state index contributed by atoms with van der Waals surface area (Å²) in [4.78, 5) is 18.5. The highest BCUT2D eigenvalue weighted by molar-refractivity contribution is 9.10. The fourth-order valence-electron chi connectivity index (χ4n) is 2.92. The molecule has 138 valence electrons. The Morgan fingerprint density at radius 2 is 2.12 bits per heavy atom. The van der Waals surface area contributed by atoms with Gasteiger partial charge in [-0.2, -0.15) is 0 Å². The summed E-state index contributed by atoms with van der Waals surface area (Å²) in [7, 11) is 3.41. The molecule has 0 spiro atoms. The highest BCUT2D eigenvalue weighted by Crippen LogP contribution is 2.28. The van der Waals surface area contributed by atoms with Crippen molar-refractivity contribution in [2.24, 2.45) is 10.4 Å². The quantitative estimate of drug-likeness (QED) is 0.513. The summed E-state index contributed by atoms with van der Waals surface area (Å²) in [6, 6.07) is 8.60. The van der Waals surface area contributed by atoms with Crippen LogP contribution in [0.5, 0.6) is 0 Å². The van der Waals surface area contributed by atoms with Gasteiger partial charge in [-0.1, -0.05) is 12.1 Å². The Morgan fingerprint density at radius 1 is 1.40 bits per heavy atom. The third-order valence-corrected chi connectivity index (χ3v) is 5.16. The molecule has 1 aromatic rings. The largest absolute Gasteiger partial charge is 0.368 e. The molecule has 25 heavy (non-hydrogen) atoms. The highest BCUT2D eigenvalue weighted by atomic mass is 79.9. The predicted molar refractivity (Wildman–Crippen MR) is 107 cm³/mol. The zero-order valence-corrected chi connectivity index (χ0v) is 17.0. The van der Waals surface area contributed by atoms with Gasteiger partial charge in [0.05, 0.1) is 11.1 Å². The van der Waals surface area contributed by atoms with Gasteiger partial charge in [-0.25, -0.2) is 0 Å². The van der Waals surface area contributed by atoms with Gasteiger partial charge in [-0.15, -0.1) is 0 Å². The van der Waals surface area contributed by atoms with E-state index in [2.05, 4.69) is 60.0 Å². The molecule has 1 aliphatic rings. The van der Waals surface area contributed by atoms with E-state index in [1.165, 1.54) is 5.69 Å². The molecule has 1 fully saturated rings. The van der Waals surface area contributed by atoms with Gasteiger partial charge in [-0.3, -0.25) is 9.79 Å². The van der Waals surface area contributed by atoms with Crippen LogP contribution in [0, 0.1) is 5.41 Å². The fraction of sp³-hybridized carbons (Fsp3) is 0.556. The minimum atomic E-state index is -0.497. The van der Waals surface area contributed by atoms with E-state index in [1.54, 1.807) is 14.1 Å². The maximum Gasteiger partial charge on any atom is 0.227 e. The van der Waals surface area contributed by atoms with E-state index in [1.807, 2.05) is 19.9 Å². The molecule has 7 heteroatoms. The molecule has 1 aromatic carbocycles. The molecule has 0 bridgehead atoms. The lowest BCUT2D eigenvalue weighted by molar-refractivity contribution is -0.128. The highest BCUT2D eigenvalue weighted by Gasteiger charge is 2.28. The van der Waals surface area contributed by atoms with Gasteiger partial charge in [0.1, 0.15) is 0 Å². The van der Waals surface area contributed by atoms with Crippen LogP contribution in [0.1, 0.15) is 20.3 Å². The molecule has 0 aliphatic carbocycles. The monoisotopic (exact) mass is 409 g/mol. The molecular formula is C18H28BrN5O. The van der Waals surface area contributed by atoms with Crippen LogP contribution in [0.3, 0.4) is 0 Å². The average molecular weight is 410 g/mol. The summed E-state index contributed by atoms with van der Waals surface area (Å²) in [5.41, 5.74) is 0.721. The number of anilines is 1. The van der Waals surface area contributed by atoms with Crippen molar-refractivity contribution in [3.8, 4) is 0 Å². The van der Waals surface area contributed by atoms with Gasteiger partial charge in [0.25, 0.3) is 0 Å². The first-order valence-corrected chi connectivity index (χ1v) is 9.35. The van der Waals surface area contributed by atoms with Crippen LogP contribution >= 0.6 is 15.9 Å². The molecule has 1 unspecified atom stereocenters. The fourth-order valence-corrected chi connectivity index (χ4v) is 3.45. The summed E-state index contributed by atoms with van der Waals surface area (Å²) in [5.74, 6) is 0.743. The Hall–Kier alpha value is -1.76. The molecule has 3 N–H and O–H groups in total. The van der Waals surface area contributed by atoms with Crippen LogP contribution in [0.2, 0.25) is 0 Å². The van der Waals surface area contributed by atoms with Crippen LogP contribution < -0.4 is 20.9 Å². The zero-order valence-electron chi connectivity index (χ0n) is 15.4. The Balaban J connectivity index is 1.89. The smallest absolute Gasteiger partial charge is 0.227 e. The number of guanidine groups is 1. The van der Waals surface area contributed by atoms with Crippen molar-refractivity contribution in [3.05, 3.63) is 28.7 Å². The number of rotatable bonds is 5. The second-order valence-electron chi connectivity index (χ2n) is 6.92. The molecule has 0 aromatic heterocycles. The molecule has 1 amide bonds. The normalized spacial score (nSPS) is 18.2. The molecule has 1 atom stereocenters. The van der Waals surface area contributed by atoms with Gasteiger partial charge in [0.15, 0.2) is 5.96 Å². The number of aliphatic imine (C=N–C) groups is 1. The number of amides is 1. The zero-order chi connectivity index (χ0) is 18.4. The number of para-hydroxylation sites is 1. The van der Waals surface area contributed by atoms with E-state index in [9.17, 15) is 4.79 Å². The summed E-state index contributed by atoms with van der Waals surface area (Å²) in [6.45, 7) is 6.27. The van der Waals surface area contributed by atoms with Crippen molar-refractivity contribution in [3.63, 3.8) is 0 Å². The van der Waals surface area contributed by atoms with Gasteiger partial charge < -0.3 is 20.9 Å². The van der Waals surface area contributed by atoms with Gasteiger partial charge in [0, 0.05) is 44.2 Å². The first-order valence-electron chi connectivity index (χ1n) is 8.56. The number of carbonyl (C=O) groups excluding carboxylic acids is 1. The number of benzene rings is 1. The minimum Gasteiger partial charge on any atom is -0.368 e. The number of nitrogens with one attached hydrogen (secondary N) is 3. The Bertz CT molecular complexity index is 632. The molecule has 0 radical (unpaired) electrons. The van der Waals surface area contributed by atoms with Crippen LogP contribution in [0.15, 0.2) is 33.7 Å². The summed E-state index contributed by atoms with van der Waals surface area (Å²) < 4.78 is 1.12. The van der Waals surface area contributed by atoms with Crippen LogP contribution in [0.25, 0.3) is 0 Å². The lowest BCUT2D eigenvalue weighted by atomic mass is 9.92. The van der Waals surface area contributed by atoms with Gasteiger partial charge >= 0.3 is 0 Å². The maximum atomic E-state index is 11.9. The van der Waals surface area contributed by atoms with E-state index >= 15 is 0 Å². The van der Waals surface area contributed by atoms with Crippen molar-refractivity contribution < 1.29 is 4.79 Å². The third-order valence-electron chi connectivity index (χ3n) is 4.49. The Labute approximate surface area is 158 Å². The van der Waals surface area contributed by atoms with Crippen molar-refractivity contribution >= 4 is 33.5 Å². The van der Waals surface area contributed by atoms with Gasteiger partial charge in [0.2, 0.25) is 5.91 Å². The molecule has 2 rings (SSSR count). The van der Waals surface area contributed by atoms with E-state index in [-0.39, 0.29) is 5.91 Å². The second-order valence-corrected chi connectivity index (χ2v) is 7.77. The average Bonchev–Trinajstić information content (AvgIpc) is 3.06. The number of carbonyl (C=O) groups is 1. The number of halogens is 1. The molecular weight excluding hydrogens is 382 g/mol. The lowest BCUT2D eigenvalue weighted by Crippen LogP contribution is -2.50. The number of hydrogen-bond donors (Lipinski definition) is 3. The van der Waals surface area contributed by atoms with Crippen LogP contribution in [0.4, 0.5) is 5.69 Å². The van der Waals surface area contributed by atoms with E-state index in [0.29, 0.717) is 12.6 Å². The lowest BCUT2D eigenvalue weighted by Gasteiger charge is -2.25. The topological polar surface area (TPSA) is 68.8 Å². The second kappa shape index (κ2) is 8.56. The van der Waals surface area contributed by atoms with Crippen molar-refractivity contribution in [2.75, 3.05) is 38.6 Å². The van der Waals surface area contributed by atoms with Crippen molar-refractivity contribution in [2.45, 2.75) is 26.3 Å². The van der Waals surface area contributed by atoms with E-state index in [0.717, 1.165) is 29.9 Å². The van der Waals surface area contributed by atoms with Crippen molar-refractivity contribution in [1.29, 1.82) is 0 Å². The number of hydrogen-bond acceptors (Lipinski definition) is 3. The Morgan fingerprint density at radius 3 is 2.76 bits per heavy atom. The number of nitrogens with zero attached hydrogens (tertiary/aromatic N) is 2. The maximum absolute atomic E-state index is 11.9. The molecule has 6 nitrogen and oxygen atoms in total. The SMILES string of the molecule is CN=C(NCC(C)(C)C(=O)NC)NC1CCN(c2ccccc2Br)C1. The standard InChI is InChI=1S/C18H28BrN5O/c1-18(2,16(25)20-3)12-22-17(21-4)23-13-9-10-24(11-13)15-8-6-5-7-14(15)19/h5-8,13H,9-12H2,1-4H3,(H,20,25)(H2,21,22,23). The summed E-state index contributed by atoms with van der Waals surface area (Å²) in [6.07, 6.45) is 1.04. The molecule has 1 aliphatic heterocycles. The first kappa shape index (κ1) is 19.6.